The van der Waals surface area contributed by atoms with Crippen molar-refractivity contribution in [2.45, 2.75) is 11.8 Å². The molecule has 0 bridgehead atoms. The van der Waals surface area contributed by atoms with Gasteiger partial charge >= 0.3 is 5.97 Å². The predicted octanol–water partition coefficient (Wildman–Crippen LogP) is 3.59. The minimum Gasteiger partial charge on any atom is -0.484 e. The van der Waals surface area contributed by atoms with Crippen LogP contribution in [0.1, 0.15) is 12.5 Å². The lowest BCUT2D eigenvalue weighted by atomic mass is 10.1. The van der Waals surface area contributed by atoms with E-state index in [1.165, 1.54) is 6.92 Å². The zero-order valence-electron chi connectivity index (χ0n) is 10.9. The van der Waals surface area contributed by atoms with Gasteiger partial charge in [-0.15, -0.1) is 0 Å². The summed E-state index contributed by atoms with van der Waals surface area (Å²) >= 11 is 2.95. The summed E-state index contributed by atoms with van der Waals surface area (Å²) in [5.74, 6) is -8.39. The van der Waals surface area contributed by atoms with E-state index in [1.54, 1.807) is 0 Å². The quantitative estimate of drug-likeness (QED) is 0.252. The Bertz CT molecular complexity index is 532. The fraction of sp³-hybridized carbons (Fsp3) is 0.308. The molecule has 0 aliphatic rings. The zero-order chi connectivity index (χ0) is 16.2. The minimum absolute atomic E-state index is 0.333. The molecule has 0 aliphatic heterocycles. The Balaban J connectivity index is 2.81. The smallest absolute Gasteiger partial charge is 0.319 e. The molecule has 0 N–H and O–H groups in total. The van der Waals surface area contributed by atoms with Crippen molar-refractivity contribution in [3.63, 3.8) is 0 Å². The van der Waals surface area contributed by atoms with Crippen LogP contribution in [0.3, 0.4) is 0 Å². The number of esters is 1. The molecule has 21 heavy (non-hydrogen) atoms. The molecule has 8 heteroatoms. The first kappa shape index (κ1) is 17.5. The van der Waals surface area contributed by atoms with Gasteiger partial charge in [0, 0.05) is 0 Å². The molecular weight excluding hydrogens is 360 g/mol. The Kier molecular flexibility index (Phi) is 6.19. The molecule has 0 aromatic heterocycles. The molecule has 0 saturated heterocycles. The van der Waals surface area contributed by atoms with Gasteiger partial charge < -0.3 is 9.47 Å². The lowest BCUT2D eigenvalue weighted by Gasteiger charge is -2.12. The van der Waals surface area contributed by atoms with Gasteiger partial charge in [0.15, 0.2) is 17.4 Å². The lowest BCUT2D eigenvalue weighted by Crippen LogP contribution is -2.18. The summed E-state index contributed by atoms with van der Waals surface area (Å²) in [5, 5.41) is 0. The second kappa shape index (κ2) is 7.44. The Labute approximate surface area is 126 Å². The van der Waals surface area contributed by atoms with Crippen molar-refractivity contribution in [2.24, 2.45) is 0 Å². The second-order valence-electron chi connectivity index (χ2n) is 3.83. The van der Waals surface area contributed by atoms with E-state index < -0.39 is 52.0 Å². The topological polar surface area (TPSA) is 35.5 Å². The van der Waals surface area contributed by atoms with Crippen LogP contribution in [0.15, 0.2) is 6.58 Å². The van der Waals surface area contributed by atoms with E-state index in [9.17, 15) is 22.4 Å². The first-order valence-corrected chi connectivity index (χ1v) is 6.64. The summed E-state index contributed by atoms with van der Waals surface area (Å²) in [7, 11) is 0. The molecule has 0 spiro atoms. The Morgan fingerprint density at radius 1 is 1.19 bits per heavy atom. The van der Waals surface area contributed by atoms with Crippen molar-refractivity contribution in [2.75, 3.05) is 13.2 Å². The number of alkyl halides is 1. The van der Waals surface area contributed by atoms with E-state index in [0.717, 1.165) is 0 Å². The van der Waals surface area contributed by atoms with Crippen LogP contribution in [0, 0.1) is 23.3 Å². The molecule has 1 aromatic carbocycles. The number of hydrogen-bond donors (Lipinski definition) is 0. The van der Waals surface area contributed by atoms with Gasteiger partial charge in [0.05, 0.1) is 5.56 Å². The highest BCUT2D eigenvalue weighted by Gasteiger charge is 2.25. The van der Waals surface area contributed by atoms with Crippen LogP contribution < -0.4 is 4.74 Å². The molecule has 0 saturated carbocycles. The number of benzene rings is 1. The number of halogens is 5. The fourth-order valence-corrected chi connectivity index (χ4v) is 1.47. The number of hydrogen-bond acceptors (Lipinski definition) is 3. The van der Waals surface area contributed by atoms with Gasteiger partial charge in [0.1, 0.15) is 18.0 Å². The zero-order valence-corrected chi connectivity index (χ0v) is 12.5. The largest absolute Gasteiger partial charge is 0.484 e. The monoisotopic (exact) mass is 370 g/mol. The van der Waals surface area contributed by atoms with Crippen molar-refractivity contribution in [3.8, 4) is 5.75 Å². The van der Waals surface area contributed by atoms with Crippen LogP contribution >= 0.6 is 15.9 Å². The molecule has 116 valence electrons. The minimum atomic E-state index is -1.68. The van der Waals surface area contributed by atoms with Gasteiger partial charge in [-0.1, -0.05) is 28.6 Å². The highest BCUT2D eigenvalue weighted by atomic mass is 79.9. The molecule has 1 rings (SSSR count). The molecule has 1 atom stereocenters. The van der Waals surface area contributed by atoms with Gasteiger partial charge in [0.25, 0.3) is 0 Å². The fourth-order valence-electron chi connectivity index (χ4n) is 1.34. The Hall–Kier alpha value is -1.57. The molecule has 0 heterocycles. The molecule has 1 unspecified atom stereocenters. The third-order valence-corrected chi connectivity index (χ3v) is 2.73. The number of carbonyl (C=O) groups excluding carboxylic acids is 1. The normalized spacial score (nSPS) is 11.9. The van der Waals surface area contributed by atoms with E-state index in [-0.39, 0.29) is 6.61 Å². The molecule has 0 radical (unpaired) electrons. The van der Waals surface area contributed by atoms with E-state index in [1.807, 2.05) is 0 Å². The number of ether oxygens (including phenoxy) is 2. The van der Waals surface area contributed by atoms with Crippen molar-refractivity contribution in [1.29, 1.82) is 0 Å². The maximum atomic E-state index is 13.5. The Morgan fingerprint density at radius 3 is 2.14 bits per heavy atom. The van der Waals surface area contributed by atoms with Crippen LogP contribution in [0.25, 0.3) is 6.08 Å². The summed E-state index contributed by atoms with van der Waals surface area (Å²) in [6.45, 7) is 3.77. The lowest BCUT2D eigenvalue weighted by molar-refractivity contribution is -0.143. The maximum absolute atomic E-state index is 13.5. The van der Waals surface area contributed by atoms with Gasteiger partial charge in [-0.3, -0.25) is 4.79 Å². The van der Waals surface area contributed by atoms with E-state index in [2.05, 4.69) is 32.0 Å². The average Bonchev–Trinajstić information content (AvgIpc) is 2.44. The summed E-state index contributed by atoms with van der Waals surface area (Å²) in [6.07, 6.45) is 0.653. The molecular formula is C13H11BrF4O3. The van der Waals surface area contributed by atoms with Crippen molar-refractivity contribution in [1.82, 2.24) is 0 Å². The summed E-state index contributed by atoms with van der Waals surface area (Å²) < 4.78 is 63.2. The van der Waals surface area contributed by atoms with Gasteiger partial charge in [-0.05, 0) is 6.92 Å². The van der Waals surface area contributed by atoms with E-state index in [4.69, 9.17) is 0 Å². The van der Waals surface area contributed by atoms with Crippen LogP contribution in [0.4, 0.5) is 17.6 Å². The molecule has 0 aliphatic carbocycles. The van der Waals surface area contributed by atoms with Crippen LogP contribution in [0.5, 0.6) is 5.75 Å². The average molecular weight is 371 g/mol. The van der Waals surface area contributed by atoms with E-state index in [0.29, 0.717) is 6.08 Å². The van der Waals surface area contributed by atoms with Crippen LogP contribution in [-0.2, 0) is 9.53 Å². The number of rotatable bonds is 6. The summed E-state index contributed by atoms with van der Waals surface area (Å²) in [5.41, 5.74) is -0.920. The SMILES string of the molecule is C=Cc1c(F)c(F)c(OCCOC(=O)C(C)Br)c(F)c1F. The first-order chi connectivity index (χ1) is 9.81. The van der Waals surface area contributed by atoms with Crippen LogP contribution in [0.2, 0.25) is 0 Å². The van der Waals surface area contributed by atoms with Gasteiger partial charge in [-0.2, -0.15) is 8.78 Å². The van der Waals surface area contributed by atoms with Crippen LogP contribution in [-0.4, -0.2) is 24.0 Å². The number of carbonyl (C=O) groups is 1. The molecule has 0 amide bonds. The van der Waals surface area contributed by atoms with Crippen molar-refractivity contribution < 1.29 is 31.8 Å². The summed E-state index contributed by atoms with van der Waals surface area (Å²) in [6, 6.07) is 0. The highest BCUT2D eigenvalue weighted by Crippen LogP contribution is 2.30. The standard InChI is InChI=1S/C13H11BrF4O3/c1-3-7-8(15)10(17)12(11(18)9(7)16)20-4-5-21-13(19)6(2)14/h3,6H,1,4-5H2,2H3. The summed E-state index contributed by atoms with van der Waals surface area (Å²) in [4.78, 5) is 10.5. The maximum Gasteiger partial charge on any atom is 0.319 e. The first-order valence-electron chi connectivity index (χ1n) is 5.73. The predicted molar refractivity (Wildman–Crippen MR) is 71.2 cm³/mol. The molecule has 3 nitrogen and oxygen atoms in total. The van der Waals surface area contributed by atoms with Gasteiger partial charge in [0.2, 0.25) is 11.6 Å². The molecule has 0 fully saturated rings. The molecule has 1 aromatic rings. The Morgan fingerprint density at radius 2 is 1.71 bits per heavy atom. The van der Waals surface area contributed by atoms with E-state index >= 15 is 0 Å². The third kappa shape index (κ3) is 3.96. The van der Waals surface area contributed by atoms with Crippen molar-refractivity contribution in [3.05, 3.63) is 35.4 Å². The van der Waals surface area contributed by atoms with Crippen molar-refractivity contribution >= 4 is 28.0 Å². The highest BCUT2D eigenvalue weighted by molar-refractivity contribution is 9.10. The van der Waals surface area contributed by atoms with Gasteiger partial charge in [-0.25, -0.2) is 8.78 Å². The third-order valence-electron chi connectivity index (χ3n) is 2.36. The second-order valence-corrected chi connectivity index (χ2v) is 5.21.